The smallest absolute Gasteiger partial charge is 0.203 e. The van der Waals surface area contributed by atoms with Crippen LogP contribution in [0.4, 0.5) is 5.69 Å². The fraction of sp³-hybridized carbons (Fsp3) is 0.478. The monoisotopic (exact) mass is 416 g/mol. The first kappa shape index (κ1) is 22.1. The first-order valence-electron chi connectivity index (χ1n) is 10.3. The van der Waals surface area contributed by atoms with Crippen LogP contribution in [0.5, 0.6) is 23.0 Å². The number of methoxy groups -OCH3 is 3. The molecule has 3 rings (SSSR count). The Kier molecular flexibility index (Phi) is 8.04. The van der Waals surface area contributed by atoms with Gasteiger partial charge in [-0.1, -0.05) is 18.2 Å². The van der Waals surface area contributed by atoms with Crippen LogP contribution in [0, 0.1) is 0 Å². The van der Waals surface area contributed by atoms with Crippen LogP contribution < -0.4 is 23.8 Å². The Morgan fingerprint density at radius 3 is 2.10 bits per heavy atom. The number of benzene rings is 2. The van der Waals surface area contributed by atoms with Crippen molar-refractivity contribution in [2.75, 3.05) is 65.6 Å². The van der Waals surface area contributed by atoms with E-state index >= 15 is 0 Å². The number of aliphatic hydroxyl groups excluding tert-OH is 1. The highest BCUT2D eigenvalue weighted by Crippen LogP contribution is 2.41. The Labute approximate surface area is 178 Å². The van der Waals surface area contributed by atoms with Crippen LogP contribution in [0.3, 0.4) is 0 Å². The Morgan fingerprint density at radius 2 is 1.53 bits per heavy atom. The van der Waals surface area contributed by atoms with Gasteiger partial charge in [-0.25, -0.2) is 0 Å². The third kappa shape index (κ3) is 5.70. The Balaban J connectivity index is 1.46. The highest BCUT2D eigenvalue weighted by molar-refractivity contribution is 5.63. The van der Waals surface area contributed by atoms with E-state index in [-0.39, 0.29) is 0 Å². The van der Waals surface area contributed by atoms with Gasteiger partial charge in [0.15, 0.2) is 11.5 Å². The predicted molar refractivity (Wildman–Crippen MR) is 117 cm³/mol. The van der Waals surface area contributed by atoms with Crippen molar-refractivity contribution >= 4 is 5.69 Å². The Hall–Kier alpha value is -2.64. The molecule has 1 fully saturated rings. The largest absolute Gasteiger partial charge is 0.493 e. The van der Waals surface area contributed by atoms with Crippen LogP contribution in [0.2, 0.25) is 0 Å². The number of ether oxygens (including phenoxy) is 4. The van der Waals surface area contributed by atoms with Crippen molar-refractivity contribution < 1.29 is 24.1 Å². The third-order valence-corrected chi connectivity index (χ3v) is 5.35. The van der Waals surface area contributed by atoms with Crippen LogP contribution in [0.15, 0.2) is 42.5 Å². The van der Waals surface area contributed by atoms with Crippen molar-refractivity contribution in [2.45, 2.75) is 12.5 Å². The van der Waals surface area contributed by atoms with Crippen molar-refractivity contribution in [3.05, 3.63) is 42.5 Å². The summed E-state index contributed by atoms with van der Waals surface area (Å²) in [5.41, 5.74) is 1.06. The lowest BCUT2D eigenvalue weighted by molar-refractivity contribution is 0.0866. The zero-order valence-corrected chi connectivity index (χ0v) is 18.0. The standard InChI is InChI=1S/C23H32N2O5/c1-27-21-15-18(16-22(28-2)23(21)29-3)25-13-11-24(12-14-25)10-9-19(26)17-30-20-7-5-4-6-8-20/h4-8,15-16,19,26H,9-14,17H2,1-3H3. The number of anilines is 1. The molecule has 0 saturated carbocycles. The molecule has 164 valence electrons. The summed E-state index contributed by atoms with van der Waals surface area (Å²) >= 11 is 0. The molecule has 1 N–H and O–H groups in total. The van der Waals surface area contributed by atoms with Gasteiger partial charge in [0, 0.05) is 50.5 Å². The van der Waals surface area contributed by atoms with Gasteiger partial charge in [-0.15, -0.1) is 0 Å². The highest BCUT2D eigenvalue weighted by atomic mass is 16.5. The Morgan fingerprint density at radius 1 is 0.900 bits per heavy atom. The van der Waals surface area contributed by atoms with E-state index in [1.165, 1.54) is 0 Å². The maximum Gasteiger partial charge on any atom is 0.203 e. The summed E-state index contributed by atoms with van der Waals surface area (Å²) < 4.78 is 22.0. The van der Waals surface area contributed by atoms with E-state index in [1.807, 2.05) is 42.5 Å². The van der Waals surface area contributed by atoms with Gasteiger partial charge in [-0.2, -0.15) is 0 Å². The number of hydrogen-bond acceptors (Lipinski definition) is 7. The summed E-state index contributed by atoms with van der Waals surface area (Å²) in [6, 6.07) is 13.6. The summed E-state index contributed by atoms with van der Waals surface area (Å²) in [7, 11) is 4.87. The maximum absolute atomic E-state index is 10.2. The molecule has 0 amide bonds. The minimum Gasteiger partial charge on any atom is -0.493 e. The van der Waals surface area contributed by atoms with E-state index in [2.05, 4.69) is 9.80 Å². The molecule has 0 aromatic heterocycles. The van der Waals surface area contributed by atoms with Crippen molar-refractivity contribution in [3.63, 3.8) is 0 Å². The van der Waals surface area contributed by atoms with Gasteiger partial charge in [0.1, 0.15) is 12.4 Å². The first-order valence-corrected chi connectivity index (χ1v) is 10.3. The number of para-hydroxylation sites is 1. The number of piperazine rings is 1. The predicted octanol–water partition coefficient (Wildman–Crippen LogP) is 2.66. The lowest BCUT2D eigenvalue weighted by Gasteiger charge is -2.36. The fourth-order valence-electron chi connectivity index (χ4n) is 3.60. The van der Waals surface area contributed by atoms with Crippen molar-refractivity contribution in [2.24, 2.45) is 0 Å². The number of hydrogen-bond donors (Lipinski definition) is 1. The van der Waals surface area contributed by atoms with Gasteiger partial charge in [0.25, 0.3) is 0 Å². The zero-order valence-electron chi connectivity index (χ0n) is 18.0. The van der Waals surface area contributed by atoms with E-state index in [4.69, 9.17) is 18.9 Å². The molecule has 1 heterocycles. The van der Waals surface area contributed by atoms with Gasteiger partial charge in [-0.05, 0) is 18.6 Å². The average molecular weight is 417 g/mol. The van der Waals surface area contributed by atoms with E-state index in [0.717, 1.165) is 44.2 Å². The van der Waals surface area contributed by atoms with Crippen LogP contribution in [-0.2, 0) is 0 Å². The van der Waals surface area contributed by atoms with Gasteiger partial charge in [-0.3, -0.25) is 4.90 Å². The Bertz CT molecular complexity index is 753. The maximum atomic E-state index is 10.2. The van der Waals surface area contributed by atoms with Crippen molar-refractivity contribution in [3.8, 4) is 23.0 Å². The molecule has 2 aromatic rings. The molecular weight excluding hydrogens is 384 g/mol. The lowest BCUT2D eigenvalue weighted by atomic mass is 10.2. The molecule has 0 spiro atoms. The number of nitrogens with zero attached hydrogens (tertiary/aromatic N) is 2. The second-order valence-electron chi connectivity index (χ2n) is 7.28. The molecule has 7 heteroatoms. The van der Waals surface area contributed by atoms with Crippen LogP contribution in [0.1, 0.15) is 6.42 Å². The van der Waals surface area contributed by atoms with Gasteiger partial charge in [0.05, 0.1) is 27.4 Å². The van der Waals surface area contributed by atoms with Gasteiger partial charge < -0.3 is 29.0 Å². The lowest BCUT2D eigenvalue weighted by Crippen LogP contribution is -2.47. The molecule has 0 bridgehead atoms. The van der Waals surface area contributed by atoms with Crippen LogP contribution >= 0.6 is 0 Å². The normalized spacial score (nSPS) is 15.5. The molecule has 1 aliphatic heterocycles. The summed E-state index contributed by atoms with van der Waals surface area (Å²) in [6.07, 6.45) is 0.218. The average Bonchev–Trinajstić information content (AvgIpc) is 2.81. The van der Waals surface area contributed by atoms with Crippen molar-refractivity contribution in [1.29, 1.82) is 0 Å². The minimum absolute atomic E-state index is 0.315. The molecule has 30 heavy (non-hydrogen) atoms. The number of aliphatic hydroxyl groups is 1. The van der Waals surface area contributed by atoms with E-state index in [1.54, 1.807) is 21.3 Å². The second kappa shape index (κ2) is 10.9. The molecule has 7 nitrogen and oxygen atoms in total. The van der Waals surface area contributed by atoms with E-state index in [0.29, 0.717) is 30.3 Å². The second-order valence-corrected chi connectivity index (χ2v) is 7.28. The quantitative estimate of drug-likeness (QED) is 0.639. The van der Waals surface area contributed by atoms with Crippen LogP contribution in [-0.4, -0.2) is 76.8 Å². The molecule has 0 radical (unpaired) electrons. The van der Waals surface area contributed by atoms with E-state index in [9.17, 15) is 5.11 Å². The molecule has 1 saturated heterocycles. The minimum atomic E-state index is -0.474. The van der Waals surface area contributed by atoms with Gasteiger partial charge in [0.2, 0.25) is 5.75 Å². The van der Waals surface area contributed by atoms with Gasteiger partial charge >= 0.3 is 0 Å². The summed E-state index contributed by atoms with van der Waals surface area (Å²) in [4.78, 5) is 4.69. The fourth-order valence-corrected chi connectivity index (χ4v) is 3.60. The summed E-state index contributed by atoms with van der Waals surface area (Å²) in [5.74, 6) is 2.72. The molecule has 1 aliphatic rings. The van der Waals surface area contributed by atoms with Crippen molar-refractivity contribution in [1.82, 2.24) is 4.90 Å². The SMILES string of the molecule is COc1cc(N2CCN(CCC(O)COc3ccccc3)CC2)cc(OC)c1OC. The number of rotatable bonds is 10. The van der Waals surface area contributed by atoms with E-state index < -0.39 is 6.10 Å². The zero-order chi connectivity index (χ0) is 21.3. The summed E-state index contributed by atoms with van der Waals surface area (Å²) in [6.45, 7) is 4.83. The topological polar surface area (TPSA) is 63.6 Å². The molecule has 1 atom stereocenters. The highest BCUT2D eigenvalue weighted by Gasteiger charge is 2.21. The molecule has 1 unspecified atom stereocenters. The molecule has 0 aliphatic carbocycles. The molecular formula is C23H32N2O5. The van der Waals surface area contributed by atoms with Crippen LogP contribution in [0.25, 0.3) is 0 Å². The molecule has 2 aromatic carbocycles. The third-order valence-electron chi connectivity index (χ3n) is 5.35. The first-order chi connectivity index (χ1) is 14.6. The summed E-state index contributed by atoms with van der Waals surface area (Å²) in [5, 5.41) is 10.2.